The predicted molar refractivity (Wildman–Crippen MR) is 115 cm³/mol. The molecule has 0 spiro atoms. The molecule has 3 aromatic rings. The second-order valence-electron chi connectivity index (χ2n) is 7.74. The molecule has 2 aromatic carbocycles. The van der Waals surface area contributed by atoms with Crippen LogP contribution in [0.5, 0.6) is 5.75 Å². The number of rotatable bonds is 6. The minimum Gasteiger partial charge on any atom is -0.491 e. The van der Waals surface area contributed by atoms with Crippen molar-refractivity contribution < 1.29 is 13.2 Å². The number of sulfonamides is 1. The molecular formula is C21H26N4O4S. The van der Waals surface area contributed by atoms with Crippen molar-refractivity contribution in [3.05, 3.63) is 58.5 Å². The lowest BCUT2D eigenvalue weighted by atomic mass is 10.1. The van der Waals surface area contributed by atoms with E-state index in [9.17, 15) is 13.2 Å². The smallest absolute Gasteiger partial charge is 0.323 e. The van der Waals surface area contributed by atoms with Crippen molar-refractivity contribution in [1.29, 1.82) is 0 Å². The van der Waals surface area contributed by atoms with Crippen LogP contribution in [0.15, 0.2) is 52.2 Å². The number of fused-ring (bicyclic) bond motifs is 1. The Morgan fingerprint density at radius 2 is 1.70 bits per heavy atom. The van der Waals surface area contributed by atoms with Crippen LogP contribution in [0, 0.1) is 0 Å². The van der Waals surface area contributed by atoms with Gasteiger partial charge < -0.3 is 14.7 Å². The maximum absolute atomic E-state index is 13.1. The Morgan fingerprint density at radius 1 is 1.00 bits per heavy atom. The Morgan fingerprint density at radius 3 is 2.43 bits per heavy atom. The Balaban J connectivity index is 1.44. The number of para-hydroxylation sites is 1. The molecule has 1 aliphatic rings. The molecule has 1 aromatic heterocycles. The second-order valence-corrected chi connectivity index (χ2v) is 9.68. The predicted octanol–water partition coefficient (Wildman–Crippen LogP) is 2.15. The largest absolute Gasteiger partial charge is 0.491 e. The highest BCUT2D eigenvalue weighted by atomic mass is 32.2. The highest BCUT2D eigenvalue weighted by Crippen LogP contribution is 2.24. The summed E-state index contributed by atoms with van der Waals surface area (Å²) in [6.07, 6.45) is 0.0976. The molecule has 30 heavy (non-hydrogen) atoms. The van der Waals surface area contributed by atoms with E-state index in [1.54, 1.807) is 6.07 Å². The average molecular weight is 431 g/mol. The van der Waals surface area contributed by atoms with Gasteiger partial charge >= 0.3 is 5.69 Å². The first-order valence-corrected chi connectivity index (χ1v) is 11.5. The highest BCUT2D eigenvalue weighted by molar-refractivity contribution is 7.89. The number of hydrogen-bond acceptors (Lipinski definition) is 5. The van der Waals surface area contributed by atoms with E-state index in [1.807, 2.05) is 38.1 Å². The van der Waals surface area contributed by atoms with Gasteiger partial charge in [0.05, 0.1) is 22.0 Å². The summed E-state index contributed by atoms with van der Waals surface area (Å²) in [5.41, 5.74) is 1.83. The molecule has 0 aliphatic carbocycles. The van der Waals surface area contributed by atoms with Crippen LogP contribution in [0.2, 0.25) is 0 Å². The Kier molecular flexibility index (Phi) is 5.68. The van der Waals surface area contributed by atoms with Gasteiger partial charge in [-0.3, -0.25) is 4.90 Å². The van der Waals surface area contributed by atoms with Crippen molar-refractivity contribution in [1.82, 2.24) is 19.2 Å². The van der Waals surface area contributed by atoms with E-state index < -0.39 is 10.0 Å². The number of benzene rings is 2. The average Bonchev–Trinajstić information content (AvgIpc) is 3.09. The zero-order valence-electron chi connectivity index (χ0n) is 17.1. The molecule has 2 heterocycles. The number of hydrogen-bond donors (Lipinski definition) is 2. The second kappa shape index (κ2) is 8.25. The molecule has 1 aliphatic heterocycles. The maximum atomic E-state index is 13.1. The molecule has 0 radical (unpaired) electrons. The van der Waals surface area contributed by atoms with Crippen LogP contribution >= 0.6 is 0 Å². The molecule has 0 saturated carbocycles. The summed E-state index contributed by atoms with van der Waals surface area (Å²) in [6.45, 7) is 6.82. The van der Waals surface area contributed by atoms with E-state index >= 15 is 0 Å². The van der Waals surface area contributed by atoms with Crippen LogP contribution in [0.4, 0.5) is 0 Å². The Hall–Kier alpha value is -2.62. The summed E-state index contributed by atoms with van der Waals surface area (Å²) in [6, 6.07) is 12.6. The van der Waals surface area contributed by atoms with Crippen molar-refractivity contribution >= 4 is 21.1 Å². The van der Waals surface area contributed by atoms with Crippen LogP contribution in [-0.4, -0.2) is 59.9 Å². The third kappa shape index (κ3) is 4.28. The monoisotopic (exact) mass is 430 g/mol. The normalized spacial score (nSPS) is 16.4. The van der Waals surface area contributed by atoms with Crippen molar-refractivity contribution in [3.8, 4) is 5.75 Å². The number of aromatic nitrogens is 2. The van der Waals surface area contributed by atoms with Crippen LogP contribution < -0.4 is 10.4 Å². The summed E-state index contributed by atoms with van der Waals surface area (Å²) in [5, 5.41) is 0. The molecule has 1 saturated heterocycles. The third-order valence-electron chi connectivity index (χ3n) is 5.19. The van der Waals surface area contributed by atoms with Crippen molar-refractivity contribution in [2.45, 2.75) is 31.4 Å². The summed E-state index contributed by atoms with van der Waals surface area (Å²) in [5.74, 6) is 0.872. The lowest BCUT2D eigenvalue weighted by Crippen LogP contribution is -2.48. The standard InChI is InChI=1S/C21H26N4O4S/c1-15(2)29-20-6-4-3-5-16(20)14-24-9-11-25(12-10-24)30(27,28)17-7-8-18-19(13-17)23-21(26)22-18/h3-8,13,15H,9-12,14H2,1-2H3,(H2,22,23,26). The number of H-pyrrole nitrogens is 2. The molecule has 2 N–H and O–H groups in total. The van der Waals surface area contributed by atoms with Gasteiger partial charge in [-0.1, -0.05) is 18.2 Å². The molecule has 0 unspecified atom stereocenters. The number of nitrogens with one attached hydrogen (secondary N) is 2. The van der Waals surface area contributed by atoms with Crippen LogP contribution in [0.25, 0.3) is 11.0 Å². The molecule has 0 atom stereocenters. The first-order chi connectivity index (χ1) is 14.3. The first kappa shape index (κ1) is 20.6. The minimum atomic E-state index is -3.62. The highest BCUT2D eigenvalue weighted by Gasteiger charge is 2.29. The topological polar surface area (TPSA) is 98.5 Å². The van der Waals surface area contributed by atoms with Crippen molar-refractivity contribution in [2.24, 2.45) is 0 Å². The van der Waals surface area contributed by atoms with Crippen LogP contribution in [0.3, 0.4) is 0 Å². The van der Waals surface area contributed by atoms with Crippen molar-refractivity contribution in [3.63, 3.8) is 0 Å². The lowest BCUT2D eigenvalue weighted by molar-refractivity contribution is 0.176. The van der Waals surface area contributed by atoms with Gasteiger partial charge in [0.1, 0.15) is 5.75 Å². The van der Waals surface area contributed by atoms with E-state index in [-0.39, 0.29) is 16.7 Å². The fraction of sp³-hybridized carbons (Fsp3) is 0.381. The zero-order valence-corrected chi connectivity index (χ0v) is 17.9. The molecule has 8 nitrogen and oxygen atoms in total. The molecule has 160 valence electrons. The third-order valence-corrected chi connectivity index (χ3v) is 7.08. The molecule has 0 amide bonds. The first-order valence-electron chi connectivity index (χ1n) is 10.0. The zero-order chi connectivity index (χ0) is 21.3. The summed E-state index contributed by atoms with van der Waals surface area (Å²) in [7, 11) is -3.62. The fourth-order valence-corrected chi connectivity index (χ4v) is 5.14. The van der Waals surface area contributed by atoms with Gasteiger partial charge in [0.25, 0.3) is 0 Å². The number of aromatic amines is 2. The number of imidazole rings is 1. The van der Waals surface area contributed by atoms with E-state index in [1.165, 1.54) is 16.4 Å². The molecule has 4 rings (SSSR count). The van der Waals surface area contributed by atoms with Gasteiger partial charge in [-0.2, -0.15) is 4.31 Å². The van der Waals surface area contributed by atoms with Gasteiger partial charge in [0.15, 0.2) is 0 Å². The fourth-order valence-electron chi connectivity index (χ4n) is 3.69. The van der Waals surface area contributed by atoms with Gasteiger partial charge in [-0.25, -0.2) is 13.2 Å². The van der Waals surface area contributed by atoms with Crippen LogP contribution in [-0.2, 0) is 16.6 Å². The van der Waals surface area contributed by atoms with Gasteiger partial charge in [0, 0.05) is 38.3 Å². The van der Waals surface area contributed by atoms with Gasteiger partial charge in [-0.05, 0) is 38.1 Å². The lowest BCUT2D eigenvalue weighted by Gasteiger charge is -2.34. The summed E-state index contributed by atoms with van der Waals surface area (Å²) in [4.78, 5) is 19.1. The summed E-state index contributed by atoms with van der Waals surface area (Å²) >= 11 is 0. The molecule has 1 fully saturated rings. The van der Waals surface area contributed by atoms with Crippen LogP contribution in [0.1, 0.15) is 19.4 Å². The summed E-state index contributed by atoms with van der Waals surface area (Å²) < 4.78 is 33.5. The van der Waals surface area contributed by atoms with Gasteiger partial charge in [-0.15, -0.1) is 0 Å². The van der Waals surface area contributed by atoms with Gasteiger partial charge in [0.2, 0.25) is 10.0 Å². The van der Waals surface area contributed by atoms with E-state index in [2.05, 4.69) is 14.9 Å². The quantitative estimate of drug-likeness (QED) is 0.624. The number of piperazine rings is 1. The molecule has 0 bridgehead atoms. The molecule has 9 heteroatoms. The van der Waals surface area contributed by atoms with E-state index in [4.69, 9.17) is 4.74 Å². The Bertz CT molecular complexity index is 1190. The Labute approximate surface area is 175 Å². The minimum absolute atomic E-state index is 0.0976. The number of ether oxygens (including phenoxy) is 1. The maximum Gasteiger partial charge on any atom is 0.323 e. The SMILES string of the molecule is CC(C)Oc1ccccc1CN1CCN(S(=O)(=O)c2ccc3[nH]c(=O)[nH]c3c2)CC1. The van der Waals surface area contributed by atoms with Crippen molar-refractivity contribution in [2.75, 3.05) is 26.2 Å². The number of nitrogens with zero attached hydrogens (tertiary/aromatic N) is 2. The van der Waals surface area contributed by atoms with E-state index in [0.717, 1.165) is 11.3 Å². The molecular weight excluding hydrogens is 404 g/mol. The van der Waals surface area contributed by atoms with E-state index in [0.29, 0.717) is 43.8 Å².